The Bertz CT molecular complexity index is 532. The molecule has 0 bridgehead atoms. The number of hydrogen-bond donors (Lipinski definition) is 0. The van der Waals surface area contributed by atoms with Crippen molar-refractivity contribution in [2.45, 2.75) is 52.1 Å². The first-order chi connectivity index (χ1) is 9.65. The Morgan fingerprint density at radius 3 is 2.95 bits per heavy atom. The van der Waals surface area contributed by atoms with E-state index in [-0.39, 0.29) is 5.91 Å². The third-order valence-corrected chi connectivity index (χ3v) is 4.20. The second-order valence-electron chi connectivity index (χ2n) is 6.07. The molecule has 1 amide bonds. The number of rotatable bonds is 3. The Kier molecular flexibility index (Phi) is 3.59. The molecule has 0 aromatic carbocycles. The molecule has 1 aromatic rings. The van der Waals surface area contributed by atoms with Crippen molar-refractivity contribution in [3.63, 3.8) is 0 Å². The van der Waals surface area contributed by atoms with E-state index in [2.05, 4.69) is 40.8 Å². The van der Waals surface area contributed by atoms with Crippen molar-refractivity contribution in [3.8, 4) is 0 Å². The second-order valence-corrected chi connectivity index (χ2v) is 6.07. The van der Waals surface area contributed by atoms with Gasteiger partial charge < -0.3 is 9.47 Å². The van der Waals surface area contributed by atoms with Crippen molar-refractivity contribution in [1.29, 1.82) is 0 Å². The number of amides is 1. The highest BCUT2D eigenvalue weighted by Crippen LogP contribution is 2.23. The minimum absolute atomic E-state index is 0.252. The summed E-state index contributed by atoms with van der Waals surface area (Å²) in [5, 5.41) is 8.51. The molecule has 5 heteroatoms. The first-order valence-electron chi connectivity index (χ1n) is 7.51. The fourth-order valence-corrected chi connectivity index (χ4v) is 3.04. The Hall–Kier alpha value is -1.65. The molecule has 20 heavy (non-hydrogen) atoms. The van der Waals surface area contributed by atoms with Gasteiger partial charge in [-0.1, -0.05) is 26.0 Å². The summed E-state index contributed by atoms with van der Waals surface area (Å²) >= 11 is 0. The minimum atomic E-state index is 0.252. The average molecular weight is 274 g/mol. The number of aromatic nitrogens is 3. The van der Waals surface area contributed by atoms with Gasteiger partial charge in [0, 0.05) is 25.4 Å². The molecule has 3 rings (SSSR count). The minimum Gasteiger partial charge on any atom is -0.333 e. The molecule has 2 heterocycles. The summed E-state index contributed by atoms with van der Waals surface area (Å²) in [7, 11) is 0. The van der Waals surface area contributed by atoms with Gasteiger partial charge in [0.25, 0.3) is 0 Å². The molecule has 0 saturated heterocycles. The number of allylic oxidation sites excluding steroid dienone is 2. The number of nitrogens with zero attached hydrogens (tertiary/aromatic N) is 4. The molecule has 0 radical (unpaired) electrons. The molecule has 1 aliphatic heterocycles. The van der Waals surface area contributed by atoms with Crippen LogP contribution in [0.15, 0.2) is 12.2 Å². The van der Waals surface area contributed by atoms with Crippen molar-refractivity contribution in [2.75, 3.05) is 6.54 Å². The maximum atomic E-state index is 12.3. The van der Waals surface area contributed by atoms with E-state index in [9.17, 15) is 4.79 Å². The van der Waals surface area contributed by atoms with Crippen LogP contribution < -0.4 is 0 Å². The Balaban J connectivity index is 1.66. The summed E-state index contributed by atoms with van der Waals surface area (Å²) in [4.78, 5) is 14.3. The van der Waals surface area contributed by atoms with E-state index in [0.29, 0.717) is 24.8 Å². The predicted molar refractivity (Wildman–Crippen MR) is 76.0 cm³/mol. The Morgan fingerprint density at radius 1 is 1.40 bits per heavy atom. The lowest BCUT2D eigenvalue weighted by atomic mass is 10.0. The van der Waals surface area contributed by atoms with Crippen LogP contribution in [-0.4, -0.2) is 32.1 Å². The second kappa shape index (κ2) is 5.38. The third kappa shape index (κ3) is 2.49. The molecular formula is C15H22N4O. The van der Waals surface area contributed by atoms with Crippen LogP contribution >= 0.6 is 0 Å². The maximum absolute atomic E-state index is 12.3. The number of carbonyl (C=O) groups is 1. The van der Waals surface area contributed by atoms with E-state index in [1.807, 2.05) is 4.90 Å². The van der Waals surface area contributed by atoms with Gasteiger partial charge in [0.2, 0.25) is 5.91 Å². The van der Waals surface area contributed by atoms with E-state index in [4.69, 9.17) is 0 Å². The molecule has 1 aliphatic carbocycles. The largest absolute Gasteiger partial charge is 0.333 e. The van der Waals surface area contributed by atoms with E-state index in [0.717, 1.165) is 37.6 Å². The van der Waals surface area contributed by atoms with Crippen LogP contribution in [0.3, 0.4) is 0 Å². The molecular weight excluding hydrogens is 252 g/mol. The fourth-order valence-electron chi connectivity index (χ4n) is 3.04. The van der Waals surface area contributed by atoms with Crippen LogP contribution in [0.5, 0.6) is 0 Å². The van der Waals surface area contributed by atoms with Crippen molar-refractivity contribution < 1.29 is 4.79 Å². The molecule has 0 saturated carbocycles. The Labute approximate surface area is 119 Å². The van der Waals surface area contributed by atoms with E-state index < -0.39 is 0 Å². The molecule has 0 fully saturated rings. The number of hydrogen-bond acceptors (Lipinski definition) is 3. The predicted octanol–water partition coefficient (Wildman–Crippen LogP) is 2.10. The highest BCUT2D eigenvalue weighted by Gasteiger charge is 2.26. The smallest absolute Gasteiger partial charge is 0.223 e. The van der Waals surface area contributed by atoms with Crippen LogP contribution in [0.2, 0.25) is 0 Å². The van der Waals surface area contributed by atoms with Crippen LogP contribution in [0.4, 0.5) is 0 Å². The van der Waals surface area contributed by atoms with Gasteiger partial charge in [-0.2, -0.15) is 0 Å². The SMILES string of the molecule is CC(C)c1nnc2n1CCN(C(=O)C[C@H]1C=CCC1)C2. The molecule has 108 valence electrons. The maximum Gasteiger partial charge on any atom is 0.223 e. The lowest BCUT2D eigenvalue weighted by Gasteiger charge is -2.29. The van der Waals surface area contributed by atoms with Crippen molar-refractivity contribution >= 4 is 5.91 Å². The summed E-state index contributed by atoms with van der Waals surface area (Å²) in [5.74, 6) is 3.03. The summed E-state index contributed by atoms with van der Waals surface area (Å²) < 4.78 is 2.17. The van der Waals surface area contributed by atoms with Crippen LogP contribution in [0.1, 0.15) is 50.7 Å². The molecule has 0 N–H and O–H groups in total. The molecule has 5 nitrogen and oxygen atoms in total. The molecule has 0 spiro atoms. The van der Waals surface area contributed by atoms with Gasteiger partial charge in [0.15, 0.2) is 5.82 Å². The van der Waals surface area contributed by atoms with Gasteiger partial charge in [-0.05, 0) is 18.8 Å². The van der Waals surface area contributed by atoms with Gasteiger partial charge in [0.05, 0.1) is 6.54 Å². The monoisotopic (exact) mass is 274 g/mol. The highest BCUT2D eigenvalue weighted by molar-refractivity contribution is 5.76. The van der Waals surface area contributed by atoms with Gasteiger partial charge in [-0.15, -0.1) is 10.2 Å². The first kappa shape index (κ1) is 13.3. The van der Waals surface area contributed by atoms with Gasteiger partial charge in [0.1, 0.15) is 5.82 Å². The molecule has 0 unspecified atom stereocenters. The quantitative estimate of drug-likeness (QED) is 0.793. The molecule has 1 atom stereocenters. The fraction of sp³-hybridized carbons (Fsp3) is 0.667. The number of fused-ring (bicyclic) bond motifs is 1. The van der Waals surface area contributed by atoms with Crippen molar-refractivity contribution in [2.24, 2.45) is 5.92 Å². The highest BCUT2D eigenvalue weighted by atomic mass is 16.2. The summed E-state index contributed by atoms with van der Waals surface area (Å²) in [6.07, 6.45) is 7.24. The van der Waals surface area contributed by atoms with Gasteiger partial charge >= 0.3 is 0 Å². The standard InChI is InChI=1S/C15H22N4O/c1-11(2)15-17-16-13-10-18(7-8-19(13)15)14(20)9-12-5-3-4-6-12/h3,5,11-12H,4,6-10H2,1-2H3/t12-/m0/s1. The van der Waals surface area contributed by atoms with E-state index >= 15 is 0 Å². The summed E-state index contributed by atoms with van der Waals surface area (Å²) in [6, 6.07) is 0. The lowest BCUT2D eigenvalue weighted by Crippen LogP contribution is -2.39. The van der Waals surface area contributed by atoms with Crippen molar-refractivity contribution in [3.05, 3.63) is 23.8 Å². The topological polar surface area (TPSA) is 51.0 Å². The van der Waals surface area contributed by atoms with E-state index in [1.54, 1.807) is 0 Å². The third-order valence-electron chi connectivity index (χ3n) is 4.20. The first-order valence-corrected chi connectivity index (χ1v) is 7.51. The van der Waals surface area contributed by atoms with E-state index in [1.165, 1.54) is 0 Å². The summed E-state index contributed by atoms with van der Waals surface area (Å²) in [5.41, 5.74) is 0. The average Bonchev–Trinajstić information content (AvgIpc) is 3.06. The zero-order chi connectivity index (χ0) is 14.1. The summed E-state index contributed by atoms with van der Waals surface area (Å²) in [6.45, 7) is 6.46. The van der Waals surface area contributed by atoms with Crippen LogP contribution in [-0.2, 0) is 17.9 Å². The van der Waals surface area contributed by atoms with Crippen LogP contribution in [0.25, 0.3) is 0 Å². The molecule has 2 aliphatic rings. The number of carbonyl (C=O) groups excluding carboxylic acids is 1. The normalized spacial score (nSPS) is 21.6. The van der Waals surface area contributed by atoms with Crippen molar-refractivity contribution in [1.82, 2.24) is 19.7 Å². The van der Waals surface area contributed by atoms with Gasteiger partial charge in [-0.3, -0.25) is 4.79 Å². The Morgan fingerprint density at radius 2 is 2.25 bits per heavy atom. The van der Waals surface area contributed by atoms with Crippen LogP contribution in [0, 0.1) is 5.92 Å². The lowest BCUT2D eigenvalue weighted by molar-refractivity contribution is -0.133. The zero-order valence-corrected chi connectivity index (χ0v) is 12.2. The van der Waals surface area contributed by atoms with Gasteiger partial charge in [-0.25, -0.2) is 0 Å². The zero-order valence-electron chi connectivity index (χ0n) is 12.2. The molecule has 1 aromatic heterocycles.